The highest BCUT2D eigenvalue weighted by atomic mass is 19.4. The van der Waals surface area contributed by atoms with Crippen LogP contribution in [0.4, 0.5) is 13.2 Å². The van der Waals surface area contributed by atoms with Crippen LogP contribution in [0.1, 0.15) is 21.7 Å². The van der Waals surface area contributed by atoms with Gasteiger partial charge in [0.05, 0.1) is 17.1 Å². The number of ether oxygens (including phenoxy) is 1. The van der Waals surface area contributed by atoms with E-state index in [0.717, 1.165) is 35.7 Å². The number of imidazole rings is 1. The molecule has 0 unspecified atom stereocenters. The van der Waals surface area contributed by atoms with E-state index in [1.807, 2.05) is 59.1 Å². The Morgan fingerprint density at radius 3 is 2.29 bits per heavy atom. The summed E-state index contributed by atoms with van der Waals surface area (Å²) in [6.07, 6.45) is -4.25. The molecule has 1 aliphatic rings. The Morgan fingerprint density at radius 2 is 1.69 bits per heavy atom. The van der Waals surface area contributed by atoms with E-state index in [4.69, 9.17) is 20.4 Å². The smallest absolute Gasteiger partial charge is 0.475 e. The van der Waals surface area contributed by atoms with Gasteiger partial charge in [-0.05, 0) is 36.4 Å². The first-order valence-electron chi connectivity index (χ1n) is 10.4. The quantitative estimate of drug-likeness (QED) is 0.348. The van der Waals surface area contributed by atoms with E-state index >= 15 is 0 Å². The minimum Gasteiger partial charge on any atom is -0.475 e. The average Bonchev–Trinajstić information content (AvgIpc) is 3.36. The van der Waals surface area contributed by atoms with Crippen molar-refractivity contribution in [2.75, 3.05) is 6.54 Å². The van der Waals surface area contributed by atoms with Crippen molar-refractivity contribution in [3.05, 3.63) is 71.5 Å². The lowest BCUT2D eigenvalue weighted by Gasteiger charge is -2.11. The number of hydrogen-bond acceptors (Lipinski definition) is 5. The normalized spacial score (nSPS) is 13.0. The van der Waals surface area contributed by atoms with Gasteiger partial charge in [-0.15, -0.1) is 0 Å². The van der Waals surface area contributed by atoms with E-state index in [-0.39, 0.29) is 0 Å². The molecule has 0 fully saturated rings. The van der Waals surface area contributed by atoms with Crippen molar-refractivity contribution >= 4 is 17.5 Å². The number of para-hydroxylation sites is 1. The summed E-state index contributed by atoms with van der Waals surface area (Å²) in [6.45, 7) is 1.59. The maximum atomic E-state index is 12.2. The summed E-state index contributed by atoms with van der Waals surface area (Å²) in [6, 6.07) is 17.1. The van der Waals surface area contributed by atoms with E-state index in [9.17, 15) is 18.0 Å². The van der Waals surface area contributed by atoms with Gasteiger partial charge in [-0.3, -0.25) is 9.89 Å². The van der Waals surface area contributed by atoms with Crippen LogP contribution in [-0.4, -0.2) is 44.3 Å². The Morgan fingerprint density at radius 1 is 1.06 bits per heavy atom. The maximum Gasteiger partial charge on any atom is 0.490 e. The minimum absolute atomic E-state index is 0.408. The van der Waals surface area contributed by atoms with E-state index < -0.39 is 18.1 Å². The molecule has 0 saturated heterocycles. The predicted molar refractivity (Wildman–Crippen MR) is 119 cm³/mol. The van der Waals surface area contributed by atoms with Crippen LogP contribution in [0, 0.1) is 0 Å². The average molecular weight is 487 g/mol. The van der Waals surface area contributed by atoms with Gasteiger partial charge < -0.3 is 20.9 Å². The van der Waals surface area contributed by atoms with Crippen molar-refractivity contribution in [1.82, 2.24) is 19.9 Å². The number of carboxylic acids is 1. The number of fused-ring (bicyclic) bond motifs is 3. The van der Waals surface area contributed by atoms with Gasteiger partial charge in [0.1, 0.15) is 17.1 Å². The molecule has 182 valence electrons. The number of aliphatic carboxylic acids is 1. The zero-order valence-electron chi connectivity index (χ0n) is 18.1. The molecule has 1 amide bonds. The second-order valence-corrected chi connectivity index (χ2v) is 7.56. The molecular formula is C23H20F3N5O4. The lowest BCUT2D eigenvalue weighted by molar-refractivity contribution is -0.192. The Kier molecular flexibility index (Phi) is 6.47. The van der Waals surface area contributed by atoms with Gasteiger partial charge in [0.25, 0.3) is 5.91 Å². The molecule has 9 nitrogen and oxygen atoms in total. The number of H-pyrrole nitrogens is 1. The number of aromatic amines is 1. The molecule has 5 N–H and O–H groups in total. The Hall–Kier alpha value is -4.32. The molecule has 0 bridgehead atoms. The van der Waals surface area contributed by atoms with Gasteiger partial charge in [-0.2, -0.15) is 13.2 Å². The fourth-order valence-corrected chi connectivity index (χ4v) is 3.62. The minimum atomic E-state index is -5.08. The third-order valence-corrected chi connectivity index (χ3v) is 5.19. The first kappa shape index (κ1) is 23.8. The van der Waals surface area contributed by atoms with Gasteiger partial charge in [0.15, 0.2) is 5.65 Å². The van der Waals surface area contributed by atoms with Gasteiger partial charge in [0, 0.05) is 25.1 Å². The summed E-state index contributed by atoms with van der Waals surface area (Å²) in [4.78, 5) is 25.8. The number of nitrogens with two attached hydrogens (primary N) is 1. The molecule has 4 aromatic rings. The Balaban J connectivity index is 0.000000364. The number of amides is 1. The van der Waals surface area contributed by atoms with Crippen molar-refractivity contribution in [2.45, 2.75) is 19.1 Å². The second kappa shape index (κ2) is 9.50. The van der Waals surface area contributed by atoms with Crippen LogP contribution in [0.5, 0.6) is 11.5 Å². The molecule has 0 atom stereocenters. The SMILES string of the molecule is NC(=O)c1c(-c2ccc(Oc3ccccc3)cc2)[nH]n2c3c(nc12)CCNC3.O=C(O)C(F)(F)F. The maximum absolute atomic E-state index is 12.2. The summed E-state index contributed by atoms with van der Waals surface area (Å²) in [5.41, 5.74) is 10.2. The number of carbonyl (C=O) groups is 2. The number of aromatic nitrogens is 3. The first-order chi connectivity index (χ1) is 16.6. The van der Waals surface area contributed by atoms with Crippen LogP contribution >= 0.6 is 0 Å². The fraction of sp³-hybridized carbons (Fsp3) is 0.174. The highest BCUT2D eigenvalue weighted by Gasteiger charge is 2.38. The lowest BCUT2D eigenvalue weighted by Crippen LogP contribution is -2.24. The monoisotopic (exact) mass is 487 g/mol. The molecule has 0 spiro atoms. The molecule has 5 rings (SSSR count). The number of carbonyl (C=O) groups excluding carboxylic acids is 1. The van der Waals surface area contributed by atoms with Crippen molar-refractivity contribution in [3.8, 4) is 22.8 Å². The van der Waals surface area contributed by atoms with Crippen LogP contribution in [0.15, 0.2) is 54.6 Å². The lowest BCUT2D eigenvalue weighted by atomic mass is 10.1. The molecule has 35 heavy (non-hydrogen) atoms. The molecule has 3 heterocycles. The molecule has 2 aromatic heterocycles. The van der Waals surface area contributed by atoms with Crippen LogP contribution in [0.2, 0.25) is 0 Å². The summed E-state index contributed by atoms with van der Waals surface area (Å²) < 4.78 is 39.4. The highest BCUT2D eigenvalue weighted by Crippen LogP contribution is 2.30. The van der Waals surface area contributed by atoms with Gasteiger partial charge in [0.2, 0.25) is 0 Å². The molecule has 0 saturated carbocycles. The van der Waals surface area contributed by atoms with E-state index in [2.05, 4.69) is 15.4 Å². The van der Waals surface area contributed by atoms with Crippen molar-refractivity contribution < 1.29 is 32.6 Å². The molecule has 0 aliphatic carbocycles. The van der Waals surface area contributed by atoms with Crippen molar-refractivity contribution in [1.29, 1.82) is 0 Å². The topological polar surface area (TPSA) is 135 Å². The zero-order valence-corrected chi connectivity index (χ0v) is 18.1. The van der Waals surface area contributed by atoms with Gasteiger partial charge >= 0.3 is 12.1 Å². The number of benzene rings is 2. The Bertz CT molecular complexity index is 1360. The van der Waals surface area contributed by atoms with Crippen LogP contribution in [0.25, 0.3) is 16.9 Å². The largest absolute Gasteiger partial charge is 0.490 e. The summed E-state index contributed by atoms with van der Waals surface area (Å²) in [5.74, 6) is -1.77. The summed E-state index contributed by atoms with van der Waals surface area (Å²) in [5, 5.41) is 13.8. The van der Waals surface area contributed by atoms with E-state index in [1.54, 1.807) is 0 Å². The number of primary amides is 1. The summed E-state index contributed by atoms with van der Waals surface area (Å²) in [7, 11) is 0. The Labute approximate surface area is 196 Å². The number of hydrogen-bond donors (Lipinski definition) is 4. The fourth-order valence-electron chi connectivity index (χ4n) is 3.62. The highest BCUT2D eigenvalue weighted by molar-refractivity contribution is 6.04. The number of halogens is 3. The van der Waals surface area contributed by atoms with E-state index in [0.29, 0.717) is 29.2 Å². The third-order valence-electron chi connectivity index (χ3n) is 5.19. The molecule has 1 aliphatic heterocycles. The third kappa shape index (κ3) is 5.11. The molecular weight excluding hydrogens is 467 g/mol. The van der Waals surface area contributed by atoms with Gasteiger partial charge in [-0.1, -0.05) is 18.2 Å². The predicted octanol–water partition coefficient (Wildman–Crippen LogP) is 3.50. The van der Waals surface area contributed by atoms with Crippen molar-refractivity contribution in [2.24, 2.45) is 5.73 Å². The molecule has 12 heteroatoms. The summed E-state index contributed by atoms with van der Waals surface area (Å²) >= 11 is 0. The van der Waals surface area contributed by atoms with Crippen LogP contribution in [-0.2, 0) is 17.8 Å². The second-order valence-electron chi connectivity index (χ2n) is 7.56. The zero-order chi connectivity index (χ0) is 25.2. The number of nitrogens with one attached hydrogen (secondary N) is 2. The standard InChI is InChI=1S/C21H19N5O2.C2HF3O2/c22-20(27)18-19(25-26-17-12-23-11-10-16(17)24-21(18)26)13-6-8-15(9-7-13)28-14-4-2-1-3-5-14;3-2(4,5)1(6)7/h1-9,23,25H,10-12H2,(H2,22,27);(H,6,7). The number of carboxylic acid groups (broad SMARTS) is 1. The van der Waals surface area contributed by atoms with Crippen LogP contribution in [0.3, 0.4) is 0 Å². The number of alkyl halides is 3. The number of rotatable bonds is 4. The van der Waals surface area contributed by atoms with Crippen molar-refractivity contribution in [3.63, 3.8) is 0 Å². The van der Waals surface area contributed by atoms with Gasteiger partial charge in [-0.25, -0.2) is 14.3 Å². The van der Waals surface area contributed by atoms with Crippen LogP contribution < -0.4 is 15.8 Å². The van der Waals surface area contributed by atoms with E-state index in [1.165, 1.54) is 0 Å². The molecule has 0 radical (unpaired) electrons. The molecule has 2 aromatic carbocycles. The first-order valence-corrected chi connectivity index (χ1v) is 10.4. The number of nitrogens with zero attached hydrogens (tertiary/aromatic N) is 2.